The van der Waals surface area contributed by atoms with Crippen molar-refractivity contribution in [1.82, 2.24) is 10.3 Å². The van der Waals surface area contributed by atoms with Crippen LogP contribution in [0.25, 0.3) is 10.9 Å². The summed E-state index contributed by atoms with van der Waals surface area (Å²) in [6.07, 6.45) is 1.88. The maximum absolute atomic E-state index is 4.37. The summed E-state index contributed by atoms with van der Waals surface area (Å²) in [6.45, 7) is 1.79. The third kappa shape index (κ3) is 2.42. The Balaban J connectivity index is 1.74. The average molecular weight is 254 g/mol. The number of hydrogen-bond donors (Lipinski definition) is 1. The van der Waals surface area contributed by atoms with Crippen LogP contribution >= 0.6 is 11.3 Å². The Morgan fingerprint density at radius 2 is 2.00 bits per heavy atom. The molecule has 3 heteroatoms. The molecular weight excluding hydrogens is 240 g/mol. The van der Waals surface area contributed by atoms with Crippen LogP contribution in [-0.2, 0) is 13.1 Å². The van der Waals surface area contributed by atoms with Crippen molar-refractivity contribution in [2.75, 3.05) is 0 Å². The monoisotopic (exact) mass is 254 g/mol. The quantitative estimate of drug-likeness (QED) is 0.769. The molecule has 3 aromatic rings. The Kier molecular flexibility index (Phi) is 3.35. The Labute approximate surface area is 110 Å². The number of para-hydroxylation sites is 1. The van der Waals surface area contributed by atoms with Gasteiger partial charge in [0.2, 0.25) is 0 Å². The zero-order valence-corrected chi connectivity index (χ0v) is 10.8. The molecule has 18 heavy (non-hydrogen) atoms. The molecule has 2 nitrogen and oxygen atoms in total. The third-order valence-electron chi connectivity index (χ3n) is 2.96. The van der Waals surface area contributed by atoms with Gasteiger partial charge >= 0.3 is 0 Å². The van der Waals surface area contributed by atoms with Crippen molar-refractivity contribution in [3.8, 4) is 0 Å². The summed E-state index contributed by atoms with van der Waals surface area (Å²) >= 11 is 1.74. The van der Waals surface area contributed by atoms with Gasteiger partial charge in [-0.15, -0.1) is 0 Å². The first-order valence-corrected chi connectivity index (χ1v) is 6.92. The van der Waals surface area contributed by atoms with E-state index < -0.39 is 0 Å². The van der Waals surface area contributed by atoms with Crippen molar-refractivity contribution >= 4 is 22.2 Å². The van der Waals surface area contributed by atoms with E-state index in [2.05, 4.69) is 51.4 Å². The van der Waals surface area contributed by atoms with Gasteiger partial charge in [0.15, 0.2) is 0 Å². The number of nitrogens with one attached hydrogen (secondary N) is 1. The minimum Gasteiger partial charge on any atom is -0.309 e. The molecule has 3 rings (SSSR count). The smallest absolute Gasteiger partial charge is 0.0705 e. The normalized spacial score (nSPS) is 10.9. The van der Waals surface area contributed by atoms with Crippen molar-refractivity contribution < 1.29 is 0 Å². The Hall–Kier alpha value is -1.71. The summed E-state index contributed by atoms with van der Waals surface area (Å²) in [6, 6.07) is 12.5. The second kappa shape index (κ2) is 5.29. The zero-order valence-electron chi connectivity index (χ0n) is 9.97. The molecule has 0 saturated heterocycles. The maximum atomic E-state index is 4.37. The van der Waals surface area contributed by atoms with Gasteiger partial charge in [-0.25, -0.2) is 0 Å². The molecule has 0 fully saturated rings. The molecule has 1 aromatic carbocycles. The highest BCUT2D eigenvalue weighted by molar-refractivity contribution is 7.07. The third-order valence-corrected chi connectivity index (χ3v) is 3.70. The largest absolute Gasteiger partial charge is 0.309 e. The molecule has 0 aliphatic heterocycles. The minimum atomic E-state index is 0.874. The average Bonchev–Trinajstić information content (AvgIpc) is 2.92. The highest BCUT2D eigenvalue weighted by Crippen LogP contribution is 2.16. The molecule has 2 heterocycles. The lowest BCUT2D eigenvalue weighted by atomic mass is 10.1. The first-order chi connectivity index (χ1) is 8.93. The minimum absolute atomic E-state index is 0.874. The van der Waals surface area contributed by atoms with E-state index in [-0.39, 0.29) is 0 Å². The number of fused-ring (bicyclic) bond motifs is 1. The second-order valence-corrected chi connectivity index (χ2v) is 5.00. The first-order valence-electron chi connectivity index (χ1n) is 5.98. The molecule has 0 spiro atoms. The molecule has 0 aliphatic carbocycles. The molecule has 0 bridgehead atoms. The SMILES string of the molecule is c1ccc2c(CNCc3ccsc3)ccnc2c1. The standard InChI is InChI=1S/C15H14N2S/c1-2-4-15-14(3-1)13(5-7-17-15)10-16-9-12-6-8-18-11-12/h1-8,11,16H,9-10H2. The van der Waals surface area contributed by atoms with E-state index in [1.165, 1.54) is 16.5 Å². The number of nitrogens with zero attached hydrogens (tertiary/aromatic N) is 1. The van der Waals surface area contributed by atoms with Gasteiger partial charge in [-0.2, -0.15) is 11.3 Å². The summed E-state index contributed by atoms with van der Waals surface area (Å²) in [5, 5.41) is 9.00. The van der Waals surface area contributed by atoms with E-state index in [4.69, 9.17) is 0 Å². The highest BCUT2D eigenvalue weighted by Gasteiger charge is 2.00. The number of benzene rings is 1. The fraction of sp³-hybridized carbons (Fsp3) is 0.133. The molecule has 0 atom stereocenters. The summed E-state index contributed by atoms with van der Waals surface area (Å²) in [5.41, 5.74) is 3.71. The zero-order chi connectivity index (χ0) is 12.2. The fourth-order valence-corrected chi connectivity index (χ4v) is 2.71. The van der Waals surface area contributed by atoms with Crippen LogP contribution < -0.4 is 5.32 Å². The highest BCUT2D eigenvalue weighted by atomic mass is 32.1. The molecule has 0 saturated carbocycles. The lowest BCUT2D eigenvalue weighted by molar-refractivity contribution is 0.698. The molecule has 90 valence electrons. The fourth-order valence-electron chi connectivity index (χ4n) is 2.04. The number of hydrogen-bond acceptors (Lipinski definition) is 3. The Morgan fingerprint density at radius 3 is 2.89 bits per heavy atom. The van der Waals surface area contributed by atoms with Gasteiger partial charge in [0.1, 0.15) is 0 Å². The van der Waals surface area contributed by atoms with Crippen molar-refractivity contribution in [2.45, 2.75) is 13.1 Å². The predicted molar refractivity (Wildman–Crippen MR) is 76.6 cm³/mol. The van der Waals surface area contributed by atoms with Crippen molar-refractivity contribution in [1.29, 1.82) is 0 Å². The Bertz CT molecular complexity index is 627. The predicted octanol–water partition coefficient (Wildman–Crippen LogP) is 3.59. The second-order valence-electron chi connectivity index (χ2n) is 4.22. The molecular formula is C15H14N2S. The van der Waals surface area contributed by atoms with E-state index in [0.29, 0.717) is 0 Å². The lowest BCUT2D eigenvalue weighted by Crippen LogP contribution is -2.12. The van der Waals surface area contributed by atoms with Crippen LogP contribution in [0.2, 0.25) is 0 Å². The van der Waals surface area contributed by atoms with Crippen LogP contribution in [0.4, 0.5) is 0 Å². The molecule has 2 aromatic heterocycles. The van der Waals surface area contributed by atoms with Crippen molar-refractivity contribution in [2.24, 2.45) is 0 Å². The topological polar surface area (TPSA) is 24.9 Å². The molecule has 0 radical (unpaired) electrons. The van der Waals surface area contributed by atoms with E-state index in [9.17, 15) is 0 Å². The molecule has 0 amide bonds. The van der Waals surface area contributed by atoms with Crippen LogP contribution in [0.3, 0.4) is 0 Å². The van der Waals surface area contributed by atoms with Crippen LogP contribution in [0, 0.1) is 0 Å². The van der Waals surface area contributed by atoms with Gasteiger partial charge in [0.05, 0.1) is 5.52 Å². The van der Waals surface area contributed by atoms with Crippen molar-refractivity contribution in [3.63, 3.8) is 0 Å². The van der Waals surface area contributed by atoms with Gasteiger partial charge in [-0.3, -0.25) is 4.98 Å². The van der Waals surface area contributed by atoms with E-state index >= 15 is 0 Å². The van der Waals surface area contributed by atoms with E-state index in [0.717, 1.165) is 18.6 Å². The van der Waals surface area contributed by atoms with Gasteiger partial charge in [0.25, 0.3) is 0 Å². The Morgan fingerprint density at radius 1 is 1.06 bits per heavy atom. The van der Waals surface area contributed by atoms with E-state index in [1.54, 1.807) is 11.3 Å². The first kappa shape index (κ1) is 11.4. The van der Waals surface area contributed by atoms with Crippen LogP contribution in [0.1, 0.15) is 11.1 Å². The molecule has 1 N–H and O–H groups in total. The number of rotatable bonds is 4. The van der Waals surface area contributed by atoms with Crippen molar-refractivity contribution in [3.05, 3.63) is 64.5 Å². The molecule has 0 unspecified atom stereocenters. The van der Waals surface area contributed by atoms with Gasteiger partial charge in [-0.1, -0.05) is 18.2 Å². The van der Waals surface area contributed by atoms with Crippen LogP contribution in [0.15, 0.2) is 53.4 Å². The number of thiophene rings is 1. The summed E-state index contributed by atoms with van der Waals surface area (Å²) < 4.78 is 0. The van der Waals surface area contributed by atoms with Crippen LogP contribution in [-0.4, -0.2) is 4.98 Å². The summed E-state index contributed by atoms with van der Waals surface area (Å²) in [7, 11) is 0. The number of pyridine rings is 1. The van der Waals surface area contributed by atoms with E-state index in [1.807, 2.05) is 12.3 Å². The maximum Gasteiger partial charge on any atom is 0.0705 e. The number of aromatic nitrogens is 1. The van der Waals surface area contributed by atoms with Gasteiger partial charge in [0, 0.05) is 24.7 Å². The van der Waals surface area contributed by atoms with Crippen LogP contribution in [0.5, 0.6) is 0 Å². The summed E-state index contributed by atoms with van der Waals surface area (Å²) in [5.74, 6) is 0. The summed E-state index contributed by atoms with van der Waals surface area (Å²) in [4.78, 5) is 4.37. The molecule has 0 aliphatic rings. The lowest BCUT2D eigenvalue weighted by Gasteiger charge is -2.07. The van der Waals surface area contributed by atoms with Gasteiger partial charge < -0.3 is 5.32 Å². The van der Waals surface area contributed by atoms with Gasteiger partial charge in [-0.05, 0) is 40.1 Å².